The molecule has 1 aromatic carbocycles. The van der Waals surface area contributed by atoms with Crippen LogP contribution in [0.1, 0.15) is 71.1 Å². The topological polar surface area (TPSA) is 38.7 Å². The van der Waals surface area contributed by atoms with E-state index in [0.717, 1.165) is 29.7 Å². The molecule has 1 aliphatic rings. The van der Waals surface area contributed by atoms with Crippen LogP contribution in [-0.2, 0) is 10.2 Å². The van der Waals surface area contributed by atoms with E-state index in [1.807, 2.05) is 32.9 Å². The average Bonchev–Trinajstić information content (AvgIpc) is 2.60. The highest BCUT2D eigenvalue weighted by molar-refractivity contribution is 5.78. The summed E-state index contributed by atoms with van der Waals surface area (Å²) in [6.07, 6.45) is 3.90. The lowest BCUT2D eigenvalue weighted by atomic mass is 9.74. The van der Waals surface area contributed by atoms with E-state index in [0.29, 0.717) is 23.5 Å². The van der Waals surface area contributed by atoms with Crippen molar-refractivity contribution in [1.29, 1.82) is 0 Å². The molecular formula is C22H31FO3. The second-order valence-electron chi connectivity index (χ2n) is 7.75. The lowest BCUT2D eigenvalue weighted by molar-refractivity contribution is 0.200. The van der Waals surface area contributed by atoms with E-state index in [4.69, 9.17) is 9.47 Å². The standard InChI is InChI=1S/C22H31FO3/c1-7-10-25-21-12-18-17(11-16(21)15(4)19(23)13-24)20(26-14(2)3)8-9-22(18,5)6/h8,11-12,14,24H,7,9-10,13H2,1-6H3. The molecule has 3 nitrogen and oxygen atoms in total. The quantitative estimate of drug-likeness (QED) is 0.684. The summed E-state index contributed by atoms with van der Waals surface area (Å²) in [5.74, 6) is 0.942. The summed E-state index contributed by atoms with van der Waals surface area (Å²) in [5.41, 5.74) is 3.12. The Hall–Kier alpha value is -1.81. The minimum atomic E-state index is -0.618. The highest BCUT2D eigenvalue weighted by Crippen LogP contribution is 2.44. The monoisotopic (exact) mass is 362 g/mol. The van der Waals surface area contributed by atoms with Gasteiger partial charge in [0.15, 0.2) is 0 Å². The fraction of sp³-hybridized carbons (Fsp3) is 0.545. The van der Waals surface area contributed by atoms with Gasteiger partial charge in [0, 0.05) is 11.1 Å². The Labute approximate surface area is 156 Å². The molecule has 26 heavy (non-hydrogen) atoms. The maximum absolute atomic E-state index is 14.1. The van der Waals surface area contributed by atoms with Crippen LogP contribution in [0, 0.1) is 0 Å². The summed E-state index contributed by atoms with van der Waals surface area (Å²) in [5, 5.41) is 9.22. The number of fused-ring (bicyclic) bond motifs is 1. The van der Waals surface area contributed by atoms with E-state index >= 15 is 0 Å². The molecule has 0 fully saturated rings. The van der Waals surface area contributed by atoms with Crippen molar-refractivity contribution in [3.63, 3.8) is 0 Å². The van der Waals surface area contributed by atoms with Gasteiger partial charge in [-0.05, 0) is 68.4 Å². The number of rotatable bonds is 7. The SMILES string of the molecule is CCCOc1cc2c(cc1C(C)=C(F)CO)C(OC(C)C)=CCC2(C)C. The molecule has 4 heteroatoms. The van der Waals surface area contributed by atoms with E-state index in [2.05, 4.69) is 19.9 Å². The van der Waals surface area contributed by atoms with Gasteiger partial charge in [0.2, 0.25) is 0 Å². The van der Waals surface area contributed by atoms with E-state index in [9.17, 15) is 9.50 Å². The maximum Gasteiger partial charge on any atom is 0.129 e. The van der Waals surface area contributed by atoms with Crippen LogP contribution < -0.4 is 4.74 Å². The fourth-order valence-corrected chi connectivity index (χ4v) is 3.17. The van der Waals surface area contributed by atoms with E-state index in [-0.39, 0.29) is 11.5 Å². The second kappa shape index (κ2) is 8.26. The van der Waals surface area contributed by atoms with Gasteiger partial charge >= 0.3 is 0 Å². The number of ether oxygens (including phenoxy) is 2. The smallest absolute Gasteiger partial charge is 0.129 e. The lowest BCUT2D eigenvalue weighted by Crippen LogP contribution is -2.23. The molecule has 0 spiro atoms. The highest BCUT2D eigenvalue weighted by Gasteiger charge is 2.31. The number of aliphatic hydroxyl groups is 1. The van der Waals surface area contributed by atoms with Crippen molar-refractivity contribution < 1.29 is 19.0 Å². The lowest BCUT2D eigenvalue weighted by Gasteiger charge is -2.33. The molecule has 0 aliphatic heterocycles. The Morgan fingerprint density at radius 2 is 2.00 bits per heavy atom. The highest BCUT2D eigenvalue weighted by atomic mass is 19.1. The van der Waals surface area contributed by atoms with Gasteiger partial charge in [0.1, 0.15) is 17.3 Å². The first kappa shape index (κ1) is 20.5. The third kappa shape index (κ3) is 4.29. The second-order valence-corrected chi connectivity index (χ2v) is 7.75. The summed E-state index contributed by atoms with van der Waals surface area (Å²) >= 11 is 0. The normalized spacial score (nSPS) is 16.7. The molecule has 0 saturated carbocycles. The minimum Gasteiger partial charge on any atom is -0.493 e. The van der Waals surface area contributed by atoms with Gasteiger partial charge in [-0.1, -0.05) is 20.8 Å². The van der Waals surface area contributed by atoms with Crippen molar-refractivity contribution in [1.82, 2.24) is 0 Å². The summed E-state index contributed by atoms with van der Waals surface area (Å²) in [4.78, 5) is 0. The molecule has 1 N–H and O–H groups in total. The molecule has 0 amide bonds. The first-order chi connectivity index (χ1) is 12.2. The first-order valence-corrected chi connectivity index (χ1v) is 9.36. The summed E-state index contributed by atoms with van der Waals surface area (Å²) in [6, 6.07) is 3.96. The van der Waals surface area contributed by atoms with Gasteiger partial charge in [0.05, 0.1) is 19.3 Å². The van der Waals surface area contributed by atoms with Crippen molar-refractivity contribution in [3.8, 4) is 5.75 Å². The van der Waals surface area contributed by atoms with Crippen LogP contribution in [0.3, 0.4) is 0 Å². The molecule has 0 aromatic heterocycles. The van der Waals surface area contributed by atoms with Crippen LogP contribution in [0.4, 0.5) is 4.39 Å². The third-order valence-electron chi connectivity index (χ3n) is 4.69. The molecule has 1 aromatic rings. The number of hydrogen-bond donors (Lipinski definition) is 1. The zero-order valence-corrected chi connectivity index (χ0v) is 16.8. The minimum absolute atomic E-state index is 0.0561. The Bertz CT molecular complexity index is 714. The van der Waals surface area contributed by atoms with Crippen LogP contribution in [0.2, 0.25) is 0 Å². The zero-order valence-electron chi connectivity index (χ0n) is 16.8. The molecule has 0 unspecified atom stereocenters. The van der Waals surface area contributed by atoms with Crippen LogP contribution in [0.15, 0.2) is 24.0 Å². The van der Waals surface area contributed by atoms with Crippen LogP contribution in [-0.4, -0.2) is 24.4 Å². The van der Waals surface area contributed by atoms with Gasteiger partial charge in [0.25, 0.3) is 0 Å². The summed E-state index contributed by atoms with van der Waals surface area (Å²) < 4.78 is 26.1. The molecule has 2 rings (SSSR count). The Kier molecular flexibility index (Phi) is 6.51. The third-order valence-corrected chi connectivity index (χ3v) is 4.69. The Morgan fingerprint density at radius 3 is 2.58 bits per heavy atom. The fourth-order valence-electron chi connectivity index (χ4n) is 3.17. The van der Waals surface area contributed by atoms with E-state index < -0.39 is 12.4 Å². The predicted octanol–water partition coefficient (Wildman–Crippen LogP) is 5.62. The van der Waals surface area contributed by atoms with Gasteiger partial charge < -0.3 is 14.6 Å². The van der Waals surface area contributed by atoms with Crippen molar-refractivity contribution in [3.05, 3.63) is 40.7 Å². The van der Waals surface area contributed by atoms with Gasteiger partial charge in [-0.2, -0.15) is 0 Å². The van der Waals surface area contributed by atoms with E-state index in [1.165, 1.54) is 0 Å². The van der Waals surface area contributed by atoms with Gasteiger partial charge in [-0.15, -0.1) is 0 Å². The Morgan fingerprint density at radius 1 is 1.31 bits per heavy atom. The van der Waals surface area contributed by atoms with Gasteiger partial charge in [-0.3, -0.25) is 0 Å². The summed E-state index contributed by atoms with van der Waals surface area (Å²) in [6.45, 7) is 12.0. The van der Waals surface area contributed by atoms with Crippen molar-refractivity contribution in [2.24, 2.45) is 0 Å². The number of benzene rings is 1. The summed E-state index contributed by atoms with van der Waals surface area (Å²) in [7, 11) is 0. The molecule has 0 bridgehead atoms. The largest absolute Gasteiger partial charge is 0.493 e. The number of aliphatic hydroxyl groups excluding tert-OH is 1. The van der Waals surface area contributed by atoms with Crippen molar-refractivity contribution >= 4 is 11.3 Å². The Balaban J connectivity index is 2.68. The van der Waals surface area contributed by atoms with Crippen molar-refractivity contribution in [2.75, 3.05) is 13.2 Å². The molecule has 1 aliphatic carbocycles. The van der Waals surface area contributed by atoms with Crippen molar-refractivity contribution in [2.45, 2.75) is 65.9 Å². The molecule has 144 valence electrons. The predicted molar refractivity (Wildman–Crippen MR) is 105 cm³/mol. The maximum atomic E-state index is 14.1. The average molecular weight is 362 g/mol. The molecule has 0 atom stereocenters. The number of hydrogen-bond acceptors (Lipinski definition) is 3. The first-order valence-electron chi connectivity index (χ1n) is 9.36. The number of allylic oxidation sites excluding steroid dienone is 2. The van der Waals surface area contributed by atoms with E-state index in [1.54, 1.807) is 6.92 Å². The molecule has 0 radical (unpaired) electrons. The van der Waals surface area contributed by atoms with Crippen LogP contribution >= 0.6 is 0 Å². The molecule has 0 saturated heterocycles. The van der Waals surface area contributed by atoms with Crippen LogP contribution in [0.25, 0.3) is 11.3 Å². The number of halogens is 1. The van der Waals surface area contributed by atoms with Crippen LogP contribution in [0.5, 0.6) is 5.75 Å². The zero-order chi connectivity index (χ0) is 19.5. The molecular weight excluding hydrogens is 331 g/mol. The van der Waals surface area contributed by atoms with Gasteiger partial charge in [-0.25, -0.2) is 4.39 Å². The molecule has 0 heterocycles.